The smallest absolute Gasteiger partial charge is 0.447 e. The number of hydrogen-bond acceptors (Lipinski definition) is 4. The van der Waals surface area contributed by atoms with Crippen LogP contribution in [0.25, 0.3) is 0 Å². The standard InChI is InChI=1S/C20H17F4N3O4/c21-13-2-1-12-10-26(8-7-15-11-30-19(29)27(15)17(12)9-13)18(28)25-14-3-5-16(6-4-14)31-20(22,23)24/h1-6,9,15H,7-8,10-11H2,(H,25,28). The minimum Gasteiger partial charge on any atom is -0.447 e. The number of benzene rings is 2. The topological polar surface area (TPSA) is 71.1 Å². The van der Waals surface area contributed by atoms with E-state index in [0.717, 1.165) is 12.1 Å². The second-order valence-corrected chi connectivity index (χ2v) is 7.09. The first-order valence-electron chi connectivity index (χ1n) is 9.36. The molecule has 0 radical (unpaired) electrons. The van der Waals surface area contributed by atoms with Gasteiger partial charge in [-0.3, -0.25) is 4.90 Å². The number of hydrogen-bond donors (Lipinski definition) is 1. The lowest BCUT2D eigenvalue weighted by Crippen LogP contribution is -2.43. The summed E-state index contributed by atoms with van der Waals surface area (Å²) in [5.74, 6) is -0.923. The van der Waals surface area contributed by atoms with Gasteiger partial charge in [0.15, 0.2) is 0 Å². The number of carbonyl (C=O) groups is 2. The van der Waals surface area contributed by atoms with Crippen LogP contribution in [0.1, 0.15) is 12.0 Å². The molecule has 2 heterocycles. The Balaban J connectivity index is 1.51. The predicted octanol–water partition coefficient (Wildman–Crippen LogP) is 4.49. The minimum absolute atomic E-state index is 0.104. The van der Waals surface area contributed by atoms with Gasteiger partial charge in [0.25, 0.3) is 0 Å². The van der Waals surface area contributed by atoms with Crippen molar-refractivity contribution in [3.05, 3.63) is 53.8 Å². The van der Waals surface area contributed by atoms with Crippen molar-refractivity contribution in [3.8, 4) is 5.75 Å². The largest absolute Gasteiger partial charge is 0.573 e. The molecule has 1 fully saturated rings. The number of ether oxygens (including phenoxy) is 2. The molecule has 1 atom stereocenters. The number of halogens is 4. The molecule has 2 aliphatic heterocycles. The number of urea groups is 1. The Morgan fingerprint density at radius 1 is 1.16 bits per heavy atom. The number of amides is 3. The van der Waals surface area contributed by atoms with Crippen LogP contribution in [-0.4, -0.2) is 42.6 Å². The summed E-state index contributed by atoms with van der Waals surface area (Å²) in [5.41, 5.74) is 1.19. The lowest BCUT2D eigenvalue weighted by atomic mass is 10.1. The van der Waals surface area contributed by atoms with E-state index in [4.69, 9.17) is 4.74 Å². The van der Waals surface area contributed by atoms with Gasteiger partial charge in [0.1, 0.15) is 18.2 Å². The zero-order chi connectivity index (χ0) is 22.2. The van der Waals surface area contributed by atoms with Crippen LogP contribution in [0.5, 0.6) is 5.75 Å². The predicted molar refractivity (Wildman–Crippen MR) is 101 cm³/mol. The van der Waals surface area contributed by atoms with Gasteiger partial charge in [0, 0.05) is 18.8 Å². The van der Waals surface area contributed by atoms with Gasteiger partial charge in [0.2, 0.25) is 0 Å². The molecule has 0 saturated carbocycles. The summed E-state index contributed by atoms with van der Waals surface area (Å²) in [7, 11) is 0. The lowest BCUT2D eigenvalue weighted by Gasteiger charge is -2.32. The van der Waals surface area contributed by atoms with Crippen LogP contribution in [0, 0.1) is 5.82 Å². The zero-order valence-corrected chi connectivity index (χ0v) is 16.0. The van der Waals surface area contributed by atoms with Crippen LogP contribution in [0.2, 0.25) is 0 Å². The Hall–Kier alpha value is -3.50. The van der Waals surface area contributed by atoms with Crippen LogP contribution in [0.3, 0.4) is 0 Å². The molecule has 1 saturated heterocycles. The normalized spacial score (nSPS) is 18.5. The van der Waals surface area contributed by atoms with Crippen molar-refractivity contribution < 1.29 is 36.6 Å². The Bertz CT molecular complexity index is 997. The van der Waals surface area contributed by atoms with E-state index in [-0.39, 0.29) is 31.4 Å². The fourth-order valence-corrected chi connectivity index (χ4v) is 3.57. The van der Waals surface area contributed by atoms with Gasteiger partial charge in [-0.1, -0.05) is 6.07 Å². The molecule has 1 N–H and O–H groups in total. The first-order chi connectivity index (χ1) is 14.7. The van der Waals surface area contributed by atoms with Crippen molar-refractivity contribution in [2.24, 2.45) is 0 Å². The molecule has 1 unspecified atom stereocenters. The van der Waals surface area contributed by atoms with Gasteiger partial charge in [0.05, 0.1) is 11.7 Å². The monoisotopic (exact) mass is 439 g/mol. The molecule has 164 valence electrons. The molecule has 0 aromatic heterocycles. The van der Waals surface area contributed by atoms with Gasteiger partial charge in [-0.05, 0) is 48.4 Å². The van der Waals surface area contributed by atoms with E-state index in [1.807, 2.05) is 0 Å². The summed E-state index contributed by atoms with van der Waals surface area (Å²) in [6.07, 6.45) is -4.95. The van der Waals surface area contributed by atoms with Crippen LogP contribution in [0.4, 0.5) is 38.5 Å². The number of alkyl halides is 3. The molecule has 2 aromatic carbocycles. The average molecular weight is 439 g/mol. The van der Waals surface area contributed by atoms with Crippen molar-refractivity contribution in [1.29, 1.82) is 0 Å². The van der Waals surface area contributed by atoms with Gasteiger partial charge in [-0.2, -0.15) is 0 Å². The second kappa shape index (κ2) is 7.97. The van der Waals surface area contributed by atoms with Crippen LogP contribution in [-0.2, 0) is 11.3 Å². The number of fused-ring (bicyclic) bond motifs is 3. The molecule has 7 nitrogen and oxygen atoms in total. The second-order valence-electron chi connectivity index (χ2n) is 7.09. The maximum absolute atomic E-state index is 13.8. The number of anilines is 2. The summed E-state index contributed by atoms with van der Waals surface area (Å²) in [6.45, 7) is 0.522. The summed E-state index contributed by atoms with van der Waals surface area (Å²) >= 11 is 0. The van der Waals surface area contributed by atoms with E-state index in [1.54, 1.807) is 0 Å². The Labute approximate surface area is 174 Å². The molecular formula is C20H17F4N3O4. The SMILES string of the molecule is O=C(Nc1ccc(OC(F)(F)F)cc1)N1CCC2COC(=O)N2c2cc(F)ccc2C1. The van der Waals surface area contributed by atoms with Gasteiger partial charge in [-0.15, -0.1) is 13.2 Å². The Kier molecular flexibility index (Phi) is 5.34. The lowest BCUT2D eigenvalue weighted by molar-refractivity contribution is -0.274. The highest BCUT2D eigenvalue weighted by molar-refractivity contribution is 5.92. The van der Waals surface area contributed by atoms with Crippen LogP contribution in [0.15, 0.2) is 42.5 Å². The van der Waals surface area contributed by atoms with Crippen molar-refractivity contribution in [1.82, 2.24) is 4.90 Å². The Morgan fingerprint density at radius 3 is 2.61 bits per heavy atom. The third-order valence-electron chi connectivity index (χ3n) is 4.99. The first kappa shape index (κ1) is 20.8. The summed E-state index contributed by atoms with van der Waals surface area (Å²) in [6, 6.07) is 7.90. The van der Waals surface area contributed by atoms with Crippen molar-refractivity contribution in [2.75, 3.05) is 23.4 Å². The highest BCUT2D eigenvalue weighted by atomic mass is 19.4. The van der Waals surface area contributed by atoms with Crippen molar-refractivity contribution in [3.63, 3.8) is 0 Å². The highest BCUT2D eigenvalue weighted by Crippen LogP contribution is 2.32. The van der Waals surface area contributed by atoms with E-state index in [2.05, 4.69) is 10.1 Å². The molecule has 0 spiro atoms. The molecule has 31 heavy (non-hydrogen) atoms. The molecule has 0 aliphatic carbocycles. The average Bonchev–Trinajstić information content (AvgIpc) is 3.04. The van der Waals surface area contributed by atoms with Gasteiger partial charge in [-0.25, -0.2) is 14.0 Å². The Morgan fingerprint density at radius 2 is 1.90 bits per heavy atom. The molecule has 4 rings (SSSR count). The zero-order valence-electron chi connectivity index (χ0n) is 16.0. The fraction of sp³-hybridized carbons (Fsp3) is 0.300. The summed E-state index contributed by atoms with van der Waals surface area (Å²) in [4.78, 5) is 27.8. The highest BCUT2D eigenvalue weighted by Gasteiger charge is 2.38. The summed E-state index contributed by atoms with van der Waals surface area (Å²) in [5, 5.41) is 2.62. The molecule has 2 aliphatic rings. The summed E-state index contributed by atoms with van der Waals surface area (Å²) < 4.78 is 59.6. The van der Waals surface area contributed by atoms with Crippen molar-refractivity contribution >= 4 is 23.5 Å². The van der Waals surface area contributed by atoms with E-state index in [9.17, 15) is 27.2 Å². The number of nitrogens with one attached hydrogen (secondary N) is 1. The van der Waals surface area contributed by atoms with E-state index in [1.165, 1.54) is 40.1 Å². The van der Waals surface area contributed by atoms with Crippen molar-refractivity contribution in [2.45, 2.75) is 25.4 Å². The maximum atomic E-state index is 13.8. The fourth-order valence-electron chi connectivity index (χ4n) is 3.57. The van der Waals surface area contributed by atoms with Gasteiger partial charge < -0.3 is 19.7 Å². The van der Waals surface area contributed by atoms with Gasteiger partial charge >= 0.3 is 18.5 Å². The van der Waals surface area contributed by atoms with Crippen LogP contribution < -0.4 is 15.0 Å². The van der Waals surface area contributed by atoms with E-state index < -0.39 is 30.1 Å². The number of nitrogens with zero attached hydrogens (tertiary/aromatic N) is 2. The molecule has 2 aromatic rings. The van der Waals surface area contributed by atoms with Crippen LogP contribution >= 0.6 is 0 Å². The molecule has 0 bridgehead atoms. The number of rotatable bonds is 2. The van der Waals surface area contributed by atoms with E-state index >= 15 is 0 Å². The first-order valence-corrected chi connectivity index (χ1v) is 9.36. The maximum Gasteiger partial charge on any atom is 0.573 e. The number of carbonyl (C=O) groups excluding carboxylic acids is 2. The number of cyclic esters (lactones) is 1. The minimum atomic E-state index is -4.80. The third kappa shape index (κ3) is 4.65. The third-order valence-corrected chi connectivity index (χ3v) is 4.99. The molecular weight excluding hydrogens is 422 g/mol. The molecule has 3 amide bonds. The molecule has 11 heteroatoms. The quantitative estimate of drug-likeness (QED) is 0.701. The van der Waals surface area contributed by atoms with E-state index in [0.29, 0.717) is 17.7 Å².